The highest BCUT2D eigenvalue weighted by Crippen LogP contribution is 2.33. The van der Waals surface area contributed by atoms with Crippen LogP contribution < -0.4 is 10.2 Å². The van der Waals surface area contributed by atoms with E-state index in [1.165, 1.54) is 0 Å². The smallest absolute Gasteiger partial charge is 0.311 e. The highest BCUT2D eigenvalue weighted by molar-refractivity contribution is 9.10. The van der Waals surface area contributed by atoms with Crippen molar-refractivity contribution in [1.82, 2.24) is 0 Å². The molecule has 0 radical (unpaired) electrons. The number of halogens is 1. The molecule has 1 fully saturated rings. The van der Waals surface area contributed by atoms with Crippen LogP contribution in [0, 0.1) is 19.8 Å². The van der Waals surface area contributed by atoms with Crippen LogP contribution in [-0.2, 0) is 32.0 Å². The van der Waals surface area contributed by atoms with Crippen LogP contribution in [0.3, 0.4) is 0 Å². The van der Waals surface area contributed by atoms with Crippen LogP contribution in [0.15, 0.2) is 34.8 Å². The van der Waals surface area contributed by atoms with Crippen LogP contribution in [-0.4, -0.2) is 30.9 Å². The first kappa shape index (κ1) is 24.0. The van der Waals surface area contributed by atoms with Crippen molar-refractivity contribution >= 4 is 45.1 Å². The SMILES string of the molecule is CCc1cccc(CC)c1N1C[C@@H](C(=O)OCC(=O)Nc2cc(C)c(Br)cc2C)CC1=O. The molecule has 0 bridgehead atoms. The molecular formula is C25H29BrN2O4. The zero-order valence-corrected chi connectivity index (χ0v) is 20.5. The van der Waals surface area contributed by atoms with Gasteiger partial charge in [0.2, 0.25) is 5.91 Å². The predicted octanol–water partition coefficient (Wildman–Crippen LogP) is 4.73. The van der Waals surface area contributed by atoms with E-state index in [0.717, 1.165) is 45.3 Å². The van der Waals surface area contributed by atoms with E-state index in [2.05, 4.69) is 35.1 Å². The summed E-state index contributed by atoms with van der Waals surface area (Å²) in [6.45, 7) is 7.82. The lowest BCUT2D eigenvalue weighted by Gasteiger charge is -2.23. The highest BCUT2D eigenvalue weighted by atomic mass is 79.9. The van der Waals surface area contributed by atoms with Gasteiger partial charge in [-0.1, -0.05) is 48.0 Å². The van der Waals surface area contributed by atoms with Gasteiger partial charge in [0.15, 0.2) is 6.61 Å². The molecule has 7 heteroatoms. The summed E-state index contributed by atoms with van der Waals surface area (Å²) in [4.78, 5) is 39.4. The number of nitrogens with zero attached hydrogens (tertiary/aromatic N) is 1. The van der Waals surface area contributed by atoms with E-state index in [1.54, 1.807) is 4.90 Å². The molecule has 2 aromatic carbocycles. The summed E-state index contributed by atoms with van der Waals surface area (Å²) in [5.74, 6) is -1.60. The number of hydrogen-bond acceptors (Lipinski definition) is 4. The molecule has 2 aromatic rings. The van der Waals surface area contributed by atoms with E-state index in [4.69, 9.17) is 4.74 Å². The number of carbonyl (C=O) groups excluding carboxylic acids is 3. The van der Waals surface area contributed by atoms with E-state index < -0.39 is 17.8 Å². The average molecular weight is 501 g/mol. The maximum absolute atomic E-state index is 12.7. The number of esters is 1. The highest BCUT2D eigenvalue weighted by Gasteiger charge is 2.37. The first-order valence-electron chi connectivity index (χ1n) is 10.9. The maximum atomic E-state index is 12.7. The average Bonchev–Trinajstić information content (AvgIpc) is 3.16. The Kier molecular flexibility index (Phi) is 7.72. The summed E-state index contributed by atoms with van der Waals surface area (Å²) in [5, 5.41) is 2.78. The fourth-order valence-corrected chi connectivity index (χ4v) is 4.46. The lowest BCUT2D eigenvalue weighted by molar-refractivity contribution is -0.151. The molecule has 0 saturated carbocycles. The molecule has 1 N–H and O–H groups in total. The van der Waals surface area contributed by atoms with Crippen molar-refractivity contribution in [2.45, 2.75) is 47.0 Å². The van der Waals surface area contributed by atoms with Crippen LogP contribution in [0.2, 0.25) is 0 Å². The van der Waals surface area contributed by atoms with Gasteiger partial charge in [0.25, 0.3) is 5.91 Å². The number of hydrogen-bond donors (Lipinski definition) is 1. The third kappa shape index (κ3) is 5.21. The second kappa shape index (κ2) is 10.3. The minimum Gasteiger partial charge on any atom is -0.455 e. The van der Waals surface area contributed by atoms with Gasteiger partial charge in [-0.15, -0.1) is 0 Å². The number of ether oxygens (including phenoxy) is 1. The first-order valence-corrected chi connectivity index (χ1v) is 11.7. The van der Waals surface area contributed by atoms with Crippen molar-refractivity contribution in [2.75, 3.05) is 23.4 Å². The molecule has 0 spiro atoms. The number of aryl methyl sites for hydroxylation is 4. The molecular weight excluding hydrogens is 472 g/mol. The number of anilines is 2. The summed E-state index contributed by atoms with van der Waals surface area (Å²) in [6.07, 6.45) is 1.70. The van der Waals surface area contributed by atoms with E-state index in [9.17, 15) is 14.4 Å². The van der Waals surface area contributed by atoms with Crippen LogP contribution in [0.5, 0.6) is 0 Å². The van der Waals surface area contributed by atoms with Gasteiger partial charge in [0.1, 0.15) is 0 Å². The fraction of sp³-hybridized carbons (Fsp3) is 0.400. The lowest BCUT2D eigenvalue weighted by atomic mass is 10.0. The van der Waals surface area contributed by atoms with Gasteiger partial charge < -0.3 is 15.0 Å². The third-order valence-corrected chi connectivity index (χ3v) is 6.67. The van der Waals surface area contributed by atoms with Crippen molar-refractivity contribution in [1.29, 1.82) is 0 Å². The predicted molar refractivity (Wildman–Crippen MR) is 129 cm³/mol. The summed E-state index contributed by atoms with van der Waals surface area (Å²) in [6, 6.07) is 9.82. The maximum Gasteiger partial charge on any atom is 0.311 e. The molecule has 0 unspecified atom stereocenters. The molecule has 1 atom stereocenters. The summed E-state index contributed by atoms with van der Waals surface area (Å²) >= 11 is 3.46. The lowest BCUT2D eigenvalue weighted by Crippen LogP contribution is -2.29. The zero-order chi connectivity index (χ0) is 23.4. The summed E-state index contributed by atoms with van der Waals surface area (Å²) < 4.78 is 6.22. The van der Waals surface area contributed by atoms with Gasteiger partial charge in [-0.05, 0) is 61.1 Å². The Hall–Kier alpha value is -2.67. The van der Waals surface area contributed by atoms with Crippen molar-refractivity contribution in [3.05, 3.63) is 57.1 Å². The van der Waals surface area contributed by atoms with Gasteiger partial charge in [-0.3, -0.25) is 14.4 Å². The number of nitrogens with one attached hydrogen (secondary N) is 1. The Balaban J connectivity index is 1.62. The first-order chi connectivity index (χ1) is 15.2. The largest absolute Gasteiger partial charge is 0.455 e. The van der Waals surface area contributed by atoms with Crippen LogP contribution >= 0.6 is 15.9 Å². The van der Waals surface area contributed by atoms with Gasteiger partial charge in [-0.2, -0.15) is 0 Å². The van der Waals surface area contributed by atoms with Gasteiger partial charge >= 0.3 is 5.97 Å². The topological polar surface area (TPSA) is 75.7 Å². The molecule has 0 aromatic heterocycles. The Morgan fingerprint density at radius 3 is 2.41 bits per heavy atom. The number of carbonyl (C=O) groups is 3. The van der Waals surface area contributed by atoms with Crippen LogP contribution in [0.4, 0.5) is 11.4 Å². The minimum atomic E-state index is -0.582. The second-order valence-corrected chi connectivity index (χ2v) is 8.96. The van der Waals surface area contributed by atoms with E-state index in [1.807, 2.05) is 44.2 Å². The summed E-state index contributed by atoms with van der Waals surface area (Å²) in [7, 11) is 0. The molecule has 1 aliphatic heterocycles. The Morgan fingerprint density at radius 1 is 1.12 bits per heavy atom. The van der Waals surface area contributed by atoms with Gasteiger partial charge in [0.05, 0.1) is 5.92 Å². The van der Waals surface area contributed by atoms with E-state index in [-0.39, 0.29) is 25.5 Å². The number of rotatable bonds is 7. The Labute approximate surface area is 197 Å². The van der Waals surface area contributed by atoms with E-state index >= 15 is 0 Å². The molecule has 1 heterocycles. The molecule has 1 aliphatic rings. The molecule has 1 saturated heterocycles. The normalized spacial score (nSPS) is 15.7. The van der Waals surface area contributed by atoms with Gasteiger partial charge in [-0.25, -0.2) is 0 Å². The monoisotopic (exact) mass is 500 g/mol. The molecule has 3 rings (SSSR count). The minimum absolute atomic E-state index is 0.0898. The molecule has 6 nitrogen and oxygen atoms in total. The molecule has 2 amide bonds. The van der Waals surface area contributed by atoms with Gasteiger partial charge in [0, 0.05) is 28.8 Å². The van der Waals surface area contributed by atoms with Crippen molar-refractivity contribution in [3.8, 4) is 0 Å². The molecule has 32 heavy (non-hydrogen) atoms. The number of amides is 2. The van der Waals surface area contributed by atoms with Crippen LogP contribution in [0.1, 0.15) is 42.5 Å². The van der Waals surface area contributed by atoms with Crippen molar-refractivity contribution in [2.24, 2.45) is 5.92 Å². The number of benzene rings is 2. The van der Waals surface area contributed by atoms with Crippen molar-refractivity contribution < 1.29 is 19.1 Å². The standard InChI is InChI=1S/C25H29BrN2O4/c1-5-17-8-7-9-18(6-2)24(17)28-13-19(12-23(28)30)25(31)32-14-22(29)27-21-11-15(3)20(26)10-16(21)4/h7-11,19H,5-6,12-14H2,1-4H3,(H,27,29)/t19-/m0/s1. The second-order valence-electron chi connectivity index (χ2n) is 8.11. The molecule has 0 aliphatic carbocycles. The summed E-state index contributed by atoms with van der Waals surface area (Å²) in [5.41, 5.74) is 5.66. The Bertz CT molecular complexity index is 1030. The van der Waals surface area contributed by atoms with E-state index in [0.29, 0.717) is 5.69 Å². The van der Waals surface area contributed by atoms with Crippen LogP contribution in [0.25, 0.3) is 0 Å². The Morgan fingerprint density at radius 2 is 1.78 bits per heavy atom. The quantitative estimate of drug-likeness (QED) is 0.557. The number of para-hydroxylation sites is 1. The fourth-order valence-electron chi connectivity index (χ4n) is 4.00. The zero-order valence-electron chi connectivity index (χ0n) is 19.0. The molecule has 170 valence electrons. The van der Waals surface area contributed by atoms with Crippen molar-refractivity contribution in [3.63, 3.8) is 0 Å². The third-order valence-electron chi connectivity index (χ3n) is 5.82.